The first kappa shape index (κ1) is 13.6. The Hall–Kier alpha value is -0.840. The molecule has 0 fully saturated rings. The van der Waals surface area contributed by atoms with Crippen molar-refractivity contribution < 1.29 is 9.53 Å². The summed E-state index contributed by atoms with van der Waals surface area (Å²) in [6.45, 7) is 2.51. The molecule has 0 aliphatic heterocycles. The Balaban J connectivity index is 2.31. The van der Waals surface area contributed by atoms with Crippen molar-refractivity contribution in [1.82, 2.24) is 0 Å². The smallest absolute Gasteiger partial charge is 0.204 e. The summed E-state index contributed by atoms with van der Waals surface area (Å²) in [5, 5.41) is 0. The van der Waals surface area contributed by atoms with Crippen molar-refractivity contribution >= 4 is 44.7 Å². The molecule has 1 aromatic heterocycles. The van der Waals surface area contributed by atoms with Gasteiger partial charge in [-0.05, 0) is 53.2 Å². The number of hydrogen-bond acceptors (Lipinski definition) is 3. The Bertz CT molecular complexity index is 580. The topological polar surface area (TPSA) is 26.3 Å². The number of carbonyl (C=O) groups excluding carboxylic acids is 1. The number of rotatable bonds is 4. The third kappa shape index (κ3) is 2.94. The normalized spacial score (nSPS) is 10.4. The SMILES string of the molecule is CCOc1ccc(C(=O)c2ccc(Cl)s2)c(Br)c1. The number of hydrogen-bond donors (Lipinski definition) is 0. The fourth-order valence-electron chi connectivity index (χ4n) is 1.51. The molecule has 0 amide bonds. The van der Waals surface area contributed by atoms with Crippen molar-refractivity contribution in [3.05, 3.63) is 49.6 Å². The highest BCUT2D eigenvalue weighted by atomic mass is 79.9. The van der Waals surface area contributed by atoms with Gasteiger partial charge in [-0.15, -0.1) is 11.3 Å². The predicted octanol–water partition coefficient (Wildman–Crippen LogP) is 4.79. The van der Waals surface area contributed by atoms with E-state index in [0.717, 1.165) is 10.2 Å². The van der Waals surface area contributed by atoms with Gasteiger partial charge in [0, 0.05) is 10.0 Å². The van der Waals surface area contributed by atoms with Gasteiger partial charge >= 0.3 is 0 Å². The van der Waals surface area contributed by atoms with E-state index in [1.165, 1.54) is 11.3 Å². The summed E-state index contributed by atoms with van der Waals surface area (Å²) in [4.78, 5) is 12.9. The summed E-state index contributed by atoms with van der Waals surface area (Å²) in [7, 11) is 0. The molecular weight excluding hydrogens is 336 g/mol. The van der Waals surface area contributed by atoms with E-state index in [2.05, 4.69) is 15.9 Å². The van der Waals surface area contributed by atoms with Crippen LogP contribution in [-0.4, -0.2) is 12.4 Å². The number of ether oxygens (including phenoxy) is 1. The Morgan fingerprint density at radius 3 is 2.72 bits per heavy atom. The molecule has 1 aromatic carbocycles. The average molecular weight is 346 g/mol. The Morgan fingerprint density at radius 1 is 1.39 bits per heavy atom. The van der Waals surface area contributed by atoms with Crippen LogP contribution in [0.15, 0.2) is 34.8 Å². The number of carbonyl (C=O) groups is 1. The van der Waals surface area contributed by atoms with Gasteiger partial charge in [-0.1, -0.05) is 11.6 Å². The molecule has 0 spiro atoms. The lowest BCUT2D eigenvalue weighted by atomic mass is 10.1. The maximum absolute atomic E-state index is 12.2. The fourth-order valence-corrected chi connectivity index (χ4v) is 3.04. The van der Waals surface area contributed by atoms with Crippen molar-refractivity contribution in [2.75, 3.05) is 6.61 Å². The van der Waals surface area contributed by atoms with E-state index < -0.39 is 0 Å². The molecule has 2 aromatic rings. The largest absolute Gasteiger partial charge is 0.494 e. The van der Waals surface area contributed by atoms with Crippen LogP contribution >= 0.6 is 38.9 Å². The van der Waals surface area contributed by atoms with Crippen LogP contribution in [0.3, 0.4) is 0 Å². The highest BCUT2D eigenvalue weighted by molar-refractivity contribution is 9.10. The van der Waals surface area contributed by atoms with Crippen LogP contribution in [0.4, 0.5) is 0 Å². The number of thiophene rings is 1. The van der Waals surface area contributed by atoms with Crippen LogP contribution in [-0.2, 0) is 0 Å². The van der Waals surface area contributed by atoms with Crippen LogP contribution in [0.1, 0.15) is 22.2 Å². The van der Waals surface area contributed by atoms with Crippen LogP contribution in [0, 0.1) is 0 Å². The van der Waals surface area contributed by atoms with Crippen molar-refractivity contribution in [3.63, 3.8) is 0 Å². The molecule has 0 N–H and O–H groups in total. The van der Waals surface area contributed by atoms with Gasteiger partial charge < -0.3 is 4.74 Å². The van der Waals surface area contributed by atoms with E-state index in [1.54, 1.807) is 30.3 Å². The quantitative estimate of drug-likeness (QED) is 0.744. The van der Waals surface area contributed by atoms with Crippen molar-refractivity contribution in [2.24, 2.45) is 0 Å². The van der Waals surface area contributed by atoms with Gasteiger partial charge in [0.05, 0.1) is 15.8 Å². The molecule has 2 rings (SSSR count). The van der Waals surface area contributed by atoms with E-state index >= 15 is 0 Å². The molecule has 1 heterocycles. The molecule has 0 bridgehead atoms. The summed E-state index contributed by atoms with van der Waals surface area (Å²) >= 11 is 10.5. The summed E-state index contributed by atoms with van der Waals surface area (Å²) in [6, 6.07) is 8.80. The van der Waals surface area contributed by atoms with E-state index in [1.807, 2.05) is 6.92 Å². The van der Waals surface area contributed by atoms with Gasteiger partial charge in [-0.3, -0.25) is 4.79 Å². The van der Waals surface area contributed by atoms with Crippen LogP contribution in [0.2, 0.25) is 4.34 Å². The molecule has 2 nitrogen and oxygen atoms in total. The first-order valence-corrected chi connectivity index (χ1v) is 7.33. The lowest BCUT2D eigenvalue weighted by Crippen LogP contribution is -2.00. The van der Waals surface area contributed by atoms with Gasteiger partial charge in [0.25, 0.3) is 0 Å². The molecule has 0 aliphatic rings. The minimum Gasteiger partial charge on any atom is -0.494 e. The van der Waals surface area contributed by atoms with E-state index in [9.17, 15) is 4.79 Å². The van der Waals surface area contributed by atoms with Crippen LogP contribution < -0.4 is 4.74 Å². The molecule has 0 unspecified atom stereocenters. The highest BCUT2D eigenvalue weighted by Gasteiger charge is 2.15. The highest BCUT2D eigenvalue weighted by Crippen LogP contribution is 2.29. The maximum atomic E-state index is 12.2. The van der Waals surface area contributed by atoms with Crippen molar-refractivity contribution in [2.45, 2.75) is 6.92 Å². The van der Waals surface area contributed by atoms with Gasteiger partial charge in [0.15, 0.2) is 0 Å². The van der Waals surface area contributed by atoms with Gasteiger partial charge in [0.1, 0.15) is 5.75 Å². The second-order valence-electron chi connectivity index (χ2n) is 3.51. The fraction of sp³-hybridized carbons (Fsp3) is 0.154. The van der Waals surface area contributed by atoms with Gasteiger partial charge in [0.2, 0.25) is 5.78 Å². The van der Waals surface area contributed by atoms with Crippen molar-refractivity contribution in [3.8, 4) is 5.75 Å². The molecule has 0 aliphatic carbocycles. The molecule has 0 atom stereocenters. The lowest BCUT2D eigenvalue weighted by molar-refractivity contribution is 0.104. The average Bonchev–Trinajstić information content (AvgIpc) is 2.76. The second-order valence-corrected chi connectivity index (χ2v) is 6.08. The summed E-state index contributed by atoms with van der Waals surface area (Å²) in [6.07, 6.45) is 0. The third-order valence-electron chi connectivity index (χ3n) is 2.29. The monoisotopic (exact) mass is 344 g/mol. The molecule has 5 heteroatoms. The van der Waals surface area contributed by atoms with Crippen LogP contribution in [0.25, 0.3) is 0 Å². The number of ketones is 1. The van der Waals surface area contributed by atoms with Gasteiger partial charge in [-0.25, -0.2) is 0 Å². The summed E-state index contributed by atoms with van der Waals surface area (Å²) in [5.74, 6) is 0.701. The van der Waals surface area contributed by atoms with Crippen molar-refractivity contribution in [1.29, 1.82) is 0 Å². The molecule has 0 radical (unpaired) electrons. The second kappa shape index (κ2) is 5.87. The minimum absolute atomic E-state index is 0.0400. The zero-order valence-electron chi connectivity index (χ0n) is 9.57. The minimum atomic E-state index is -0.0400. The standard InChI is InChI=1S/C13H10BrClO2S/c1-2-17-8-3-4-9(10(14)7-8)13(16)11-5-6-12(15)18-11/h3-7H,2H2,1H3. The van der Waals surface area contributed by atoms with E-state index in [-0.39, 0.29) is 5.78 Å². The lowest BCUT2D eigenvalue weighted by Gasteiger charge is -2.06. The molecular formula is C13H10BrClO2S. The first-order valence-electron chi connectivity index (χ1n) is 5.34. The molecule has 0 saturated carbocycles. The number of halogens is 2. The number of benzene rings is 1. The predicted molar refractivity (Wildman–Crippen MR) is 78.1 cm³/mol. The first-order chi connectivity index (χ1) is 8.61. The molecule has 94 valence electrons. The molecule has 0 saturated heterocycles. The van der Waals surface area contributed by atoms with Crippen LogP contribution in [0.5, 0.6) is 5.75 Å². The summed E-state index contributed by atoms with van der Waals surface area (Å²) < 4.78 is 6.71. The Labute approximate surface area is 123 Å². The zero-order valence-corrected chi connectivity index (χ0v) is 12.7. The van der Waals surface area contributed by atoms with E-state index in [4.69, 9.17) is 16.3 Å². The third-order valence-corrected chi connectivity index (χ3v) is 4.18. The molecule has 18 heavy (non-hydrogen) atoms. The Kier molecular flexibility index (Phi) is 4.43. The van der Waals surface area contributed by atoms with Gasteiger partial charge in [-0.2, -0.15) is 0 Å². The Morgan fingerprint density at radius 2 is 2.17 bits per heavy atom. The van der Waals surface area contributed by atoms with E-state index in [0.29, 0.717) is 21.4 Å². The zero-order chi connectivity index (χ0) is 13.1. The maximum Gasteiger partial charge on any atom is 0.204 e. The summed E-state index contributed by atoms with van der Waals surface area (Å²) in [5.41, 5.74) is 0.608.